The van der Waals surface area contributed by atoms with Crippen LogP contribution in [0.25, 0.3) is 0 Å². The van der Waals surface area contributed by atoms with Gasteiger partial charge in [-0.05, 0) is 0 Å². The molecule has 33 heavy (non-hydrogen) atoms. The van der Waals surface area contributed by atoms with E-state index in [1.54, 1.807) is 0 Å². The molecule has 0 amide bonds. The van der Waals surface area contributed by atoms with Crippen LogP contribution in [0.1, 0.15) is 0 Å². The molecule has 0 aliphatic rings. The van der Waals surface area contributed by atoms with Crippen molar-refractivity contribution in [3.63, 3.8) is 0 Å². The van der Waals surface area contributed by atoms with Gasteiger partial charge in [0.15, 0.2) is 0 Å². The van der Waals surface area contributed by atoms with Gasteiger partial charge in [-0.15, -0.1) is 0 Å². The van der Waals surface area contributed by atoms with Crippen molar-refractivity contribution in [1.29, 1.82) is 0 Å². The van der Waals surface area contributed by atoms with E-state index in [1.165, 1.54) is 0 Å². The topological polar surface area (TPSA) is 435 Å². The molecule has 0 aromatic rings. The van der Waals surface area contributed by atoms with Crippen molar-refractivity contribution in [2.45, 2.75) is 0 Å². The molecule has 20 nitrogen and oxygen atoms in total. The van der Waals surface area contributed by atoms with Gasteiger partial charge in [0.25, 0.3) is 0 Å². The van der Waals surface area contributed by atoms with E-state index in [-0.39, 0.29) is 38.5 Å². The van der Waals surface area contributed by atoms with Crippen LogP contribution in [0.5, 0.6) is 0 Å². The van der Waals surface area contributed by atoms with Gasteiger partial charge in [0.1, 0.15) is 0 Å². The molecular weight excluding hydrogens is 551 g/mol. The van der Waals surface area contributed by atoms with Crippen molar-refractivity contribution in [3.05, 3.63) is 0 Å². The fraction of sp³-hybridized carbons (Fsp3) is 0.500. The van der Waals surface area contributed by atoms with Crippen LogP contribution in [0.4, 0.5) is 0 Å². The minimum Gasteiger partial charge on any atom is -0.548 e. The molecule has 0 aromatic heterocycles. The molecule has 0 aliphatic carbocycles. The van der Waals surface area contributed by atoms with E-state index in [0.29, 0.717) is 0 Å². The van der Waals surface area contributed by atoms with E-state index in [4.69, 9.17) is 90.0 Å². The first-order chi connectivity index (χ1) is 13.6. The minimum atomic E-state index is -1.44. The Kier molecular flexibility index (Phi) is 90.0. The van der Waals surface area contributed by atoms with Crippen molar-refractivity contribution >= 4 is 35.8 Å². The molecule has 0 saturated heterocycles. The zero-order valence-electron chi connectivity index (χ0n) is 17.3. The summed E-state index contributed by atoms with van der Waals surface area (Å²) in [6.07, 6.45) is 0. The fourth-order valence-electron chi connectivity index (χ4n) is 0. The van der Waals surface area contributed by atoms with Gasteiger partial charge in [-0.2, -0.15) is 0 Å². The number of carbonyl (C=O) groups excluding carboxylic acids is 6. The van der Waals surface area contributed by atoms with Crippen molar-refractivity contribution in [2.75, 3.05) is 39.6 Å². The summed E-state index contributed by atoms with van der Waals surface area (Å²) in [6.45, 7) is -5.33. The maximum atomic E-state index is 9.01. The Bertz CT molecular complexity index is 367. The van der Waals surface area contributed by atoms with E-state index < -0.39 is 75.5 Å². The summed E-state index contributed by atoms with van der Waals surface area (Å²) in [5, 5.41) is 98.9. The molecule has 0 bridgehead atoms. The number of hydrogen-bond donors (Lipinski definition) is 8. The summed E-state index contributed by atoms with van der Waals surface area (Å²) < 4.78 is 0. The molecule has 0 heterocycles. The summed E-state index contributed by atoms with van der Waals surface area (Å²) in [5.74, 6) is -8.64. The van der Waals surface area contributed by atoms with E-state index in [1.807, 2.05) is 0 Å². The van der Waals surface area contributed by atoms with Gasteiger partial charge in [0.2, 0.25) is 0 Å². The first-order valence-electron chi connectivity index (χ1n) is 6.47. The van der Waals surface area contributed by atoms with Gasteiger partial charge < -0.3 is 102 Å². The van der Waals surface area contributed by atoms with Crippen LogP contribution in [0.15, 0.2) is 0 Å². The van der Waals surface area contributed by atoms with E-state index in [9.17, 15) is 0 Å². The molecule has 0 aliphatic heterocycles. The third-order valence-electron chi connectivity index (χ3n) is 0.775. The maximum Gasteiger partial charge on any atom is 4.00 e. The number of rotatable bonds is 6. The Morgan fingerprint density at radius 1 is 0.364 bits per heavy atom. The monoisotopic (exact) mass is 576 g/mol. The predicted molar refractivity (Wildman–Crippen MR) is 84.5 cm³/mol. The third kappa shape index (κ3) is 250. The average molecular weight is 578 g/mol. The maximum absolute atomic E-state index is 9.01. The SMILES string of the molecule is O=C([O-])CO.O=C([O-])CO.O=C([O-])CO.O=C([O-])CO.O=C([O-])CO.O=C([O-])CO.[NH4+].[NH4+].[Zr+4]. The van der Waals surface area contributed by atoms with Gasteiger partial charge in [-0.3, -0.25) is 0 Å². The summed E-state index contributed by atoms with van der Waals surface area (Å²) in [4.78, 5) is 54.0. The molecule has 0 radical (unpaired) electrons. The van der Waals surface area contributed by atoms with Crippen molar-refractivity contribution in [1.82, 2.24) is 12.3 Å². The van der Waals surface area contributed by atoms with Crippen LogP contribution >= 0.6 is 0 Å². The van der Waals surface area contributed by atoms with Crippen LogP contribution in [0, 0.1) is 0 Å². The molecule has 196 valence electrons. The number of aliphatic hydroxyl groups is 6. The molecule has 0 spiro atoms. The minimum absolute atomic E-state index is 0. The normalized spacial score (nSPS) is 6.73. The van der Waals surface area contributed by atoms with E-state index >= 15 is 0 Å². The Morgan fingerprint density at radius 2 is 0.394 bits per heavy atom. The molecule has 21 heteroatoms. The second kappa shape index (κ2) is 51.8. The van der Waals surface area contributed by atoms with Crippen LogP contribution in [-0.4, -0.2) is 106 Å². The smallest absolute Gasteiger partial charge is 0.548 e. The number of aliphatic hydroxyl groups excluding tert-OH is 6. The largest absolute Gasteiger partial charge is 4.00 e. The summed E-state index contributed by atoms with van der Waals surface area (Å²) in [7, 11) is 0. The summed E-state index contributed by atoms with van der Waals surface area (Å²) >= 11 is 0. The van der Waals surface area contributed by atoms with Crippen LogP contribution in [-0.2, 0) is 55.0 Å². The van der Waals surface area contributed by atoms with Gasteiger partial charge in [0.05, 0.1) is 75.5 Å². The second-order valence-electron chi connectivity index (χ2n) is 3.18. The molecular formula is C12H26N2O18Zr. The first kappa shape index (κ1) is 57.4. The molecule has 0 fully saturated rings. The summed E-state index contributed by atoms with van der Waals surface area (Å²) in [5.41, 5.74) is 0. The fourth-order valence-corrected chi connectivity index (χ4v) is 0. The van der Waals surface area contributed by atoms with Crippen LogP contribution in [0.3, 0.4) is 0 Å². The number of hydrogen-bond acceptors (Lipinski definition) is 18. The quantitative estimate of drug-likeness (QED) is 0.145. The molecule has 0 atom stereocenters. The van der Waals surface area contributed by atoms with Gasteiger partial charge in [-0.25, -0.2) is 0 Å². The number of carboxylic acid groups (broad SMARTS) is 6. The van der Waals surface area contributed by atoms with Gasteiger partial charge in [-0.1, -0.05) is 0 Å². The second-order valence-corrected chi connectivity index (χ2v) is 3.18. The number of quaternary nitrogens is 2. The Labute approximate surface area is 204 Å². The molecule has 0 rings (SSSR count). The molecule has 0 unspecified atom stereocenters. The van der Waals surface area contributed by atoms with Crippen LogP contribution < -0.4 is 42.9 Å². The summed E-state index contributed by atoms with van der Waals surface area (Å²) in [6, 6.07) is 0. The molecule has 0 aromatic carbocycles. The van der Waals surface area contributed by atoms with E-state index in [2.05, 4.69) is 0 Å². The van der Waals surface area contributed by atoms with Gasteiger partial charge >= 0.3 is 26.2 Å². The molecule has 0 saturated carbocycles. The number of carbonyl (C=O) groups is 6. The third-order valence-corrected chi connectivity index (χ3v) is 0.775. The van der Waals surface area contributed by atoms with Crippen molar-refractivity contribution in [3.8, 4) is 0 Å². The number of aliphatic carboxylic acids is 6. The Balaban J connectivity index is -0.0000000294. The van der Waals surface area contributed by atoms with Gasteiger partial charge in [0, 0.05) is 0 Å². The number of carboxylic acids is 6. The Hall–Kier alpha value is -2.62. The zero-order valence-corrected chi connectivity index (χ0v) is 19.8. The Morgan fingerprint density at radius 3 is 0.394 bits per heavy atom. The van der Waals surface area contributed by atoms with Crippen molar-refractivity contribution in [2.24, 2.45) is 0 Å². The average Bonchev–Trinajstić information content (AvgIpc) is 2.69. The zero-order chi connectivity index (χ0) is 25.7. The molecule has 14 N–H and O–H groups in total. The van der Waals surface area contributed by atoms with Crippen LogP contribution in [0.2, 0.25) is 0 Å². The predicted octanol–water partition coefficient (Wildman–Crippen LogP) is -12.9. The van der Waals surface area contributed by atoms with Crippen molar-refractivity contribution < 1.29 is 116 Å². The van der Waals surface area contributed by atoms with E-state index in [0.717, 1.165) is 0 Å². The first-order valence-corrected chi connectivity index (χ1v) is 6.47. The standard InChI is InChI=1S/6C2H4O3.2H3N.Zr/c6*3-1-2(4)5;;;/h6*3H,1H2,(H,4,5);2*1H3;/q;;;;;;;;+4/p-4.